The van der Waals surface area contributed by atoms with Crippen molar-refractivity contribution in [3.8, 4) is 0 Å². The average molecular weight is 270 g/mol. The van der Waals surface area contributed by atoms with Crippen LogP contribution in [0.4, 0.5) is 0 Å². The Bertz CT molecular complexity index is 647. The smallest absolute Gasteiger partial charge is 0.0856 e. The molecule has 106 valence electrons. The summed E-state index contributed by atoms with van der Waals surface area (Å²) in [5.41, 5.74) is 3.33. The number of hydrogen-bond acceptors (Lipinski definition) is 2. The van der Waals surface area contributed by atoms with Crippen molar-refractivity contribution in [3.63, 3.8) is 0 Å². The topological polar surface area (TPSA) is 39.3 Å². The molecule has 1 saturated heterocycles. The van der Waals surface area contributed by atoms with E-state index in [1.54, 1.807) is 0 Å². The Kier molecular flexibility index (Phi) is 2.69. The van der Waals surface area contributed by atoms with E-state index in [1.807, 2.05) is 0 Å². The second-order valence-corrected chi connectivity index (χ2v) is 6.31. The highest BCUT2D eigenvalue weighted by Crippen LogP contribution is 2.45. The minimum Gasteiger partial charge on any atom is -0.388 e. The standard InChI is InChI=1S/C17H22N2O/c1-2-17(20)9-5-10-19-11-8-13-12-6-3-4-7-14(12)18-15(13)16(17)19/h3-4,6-7,16,18,20H,2,5,8-11H2,1H3/t16-,17-/m0/s1. The Morgan fingerprint density at radius 3 is 3.05 bits per heavy atom. The molecule has 0 spiro atoms. The zero-order valence-corrected chi connectivity index (χ0v) is 12.0. The van der Waals surface area contributed by atoms with Gasteiger partial charge in [-0.1, -0.05) is 25.1 Å². The van der Waals surface area contributed by atoms with Gasteiger partial charge >= 0.3 is 0 Å². The minimum absolute atomic E-state index is 0.150. The quantitative estimate of drug-likeness (QED) is 0.836. The summed E-state index contributed by atoms with van der Waals surface area (Å²) in [6, 6.07) is 8.68. The van der Waals surface area contributed by atoms with Crippen molar-refractivity contribution in [1.82, 2.24) is 9.88 Å². The van der Waals surface area contributed by atoms with Gasteiger partial charge < -0.3 is 10.1 Å². The van der Waals surface area contributed by atoms with Crippen molar-refractivity contribution in [2.75, 3.05) is 13.1 Å². The maximum Gasteiger partial charge on any atom is 0.0856 e. The van der Waals surface area contributed by atoms with Crippen LogP contribution in [0.15, 0.2) is 24.3 Å². The van der Waals surface area contributed by atoms with Gasteiger partial charge in [0.05, 0.1) is 11.6 Å². The molecule has 1 aromatic carbocycles. The number of H-pyrrole nitrogens is 1. The van der Waals surface area contributed by atoms with Crippen molar-refractivity contribution in [3.05, 3.63) is 35.5 Å². The monoisotopic (exact) mass is 270 g/mol. The van der Waals surface area contributed by atoms with Crippen LogP contribution in [0.5, 0.6) is 0 Å². The molecule has 2 aliphatic rings. The van der Waals surface area contributed by atoms with Gasteiger partial charge in [0.1, 0.15) is 0 Å². The molecular weight excluding hydrogens is 248 g/mol. The van der Waals surface area contributed by atoms with Crippen LogP contribution >= 0.6 is 0 Å². The summed E-state index contributed by atoms with van der Waals surface area (Å²) in [5.74, 6) is 0. The van der Waals surface area contributed by atoms with Crippen LogP contribution in [-0.2, 0) is 6.42 Å². The molecule has 2 N–H and O–H groups in total. The molecule has 2 aliphatic heterocycles. The molecule has 0 radical (unpaired) electrons. The van der Waals surface area contributed by atoms with Gasteiger partial charge in [-0.25, -0.2) is 0 Å². The molecule has 0 aliphatic carbocycles. The fourth-order valence-corrected chi connectivity index (χ4v) is 4.24. The molecule has 4 rings (SSSR count). The zero-order valence-electron chi connectivity index (χ0n) is 12.0. The molecule has 3 nitrogen and oxygen atoms in total. The highest BCUT2D eigenvalue weighted by atomic mass is 16.3. The van der Waals surface area contributed by atoms with Gasteiger partial charge in [-0.05, 0) is 43.9 Å². The Morgan fingerprint density at radius 1 is 1.35 bits per heavy atom. The van der Waals surface area contributed by atoms with E-state index in [2.05, 4.69) is 41.1 Å². The zero-order chi connectivity index (χ0) is 13.7. The summed E-state index contributed by atoms with van der Waals surface area (Å²) >= 11 is 0. The van der Waals surface area contributed by atoms with Crippen LogP contribution in [-0.4, -0.2) is 33.7 Å². The van der Waals surface area contributed by atoms with E-state index in [0.717, 1.165) is 38.8 Å². The Morgan fingerprint density at radius 2 is 2.20 bits per heavy atom. The second kappa shape index (κ2) is 4.34. The molecule has 3 heteroatoms. The van der Waals surface area contributed by atoms with E-state index in [9.17, 15) is 5.11 Å². The predicted molar refractivity (Wildman–Crippen MR) is 80.8 cm³/mol. The summed E-state index contributed by atoms with van der Waals surface area (Å²) in [7, 11) is 0. The number of nitrogens with zero attached hydrogens (tertiary/aromatic N) is 1. The number of fused-ring (bicyclic) bond motifs is 5. The number of aromatic amines is 1. The van der Waals surface area contributed by atoms with Crippen molar-refractivity contribution in [1.29, 1.82) is 0 Å². The van der Waals surface area contributed by atoms with E-state index in [0.29, 0.717) is 0 Å². The van der Waals surface area contributed by atoms with Crippen LogP contribution < -0.4 is 0 Å². The van der Waals surface area contributed by atoms with Gasteiger partial charge in [-0.3, -0.25) is 4.90 Å². The summed E-state index contributed by atoms with van der Waals surface area (Å²) in [4.78, 5) is 6.08. The highest BCUT2D eigenvalue weighted by Gasteiger charge is 2.46. The number of aromatic nitrogens is 1. The molecule has 1 aromatic heterocycles. The van der Waals surface area contributed by atoms with Gasteiger partial charge in [0.25, 0.3) is 0 Å². The van der Waals surface area contributed by atoms with Crippen LogP contribution in [0, 0.1) is 0 Å². The van der Waals surface area contributed by atoms with Crippen LogP contribution in [0.1, 0.15) is 43.5 Å². The molecule has 0 unspecified atom stereocenters. The third-order valence-corrected chi connectivity index (χ3v) is 5.31. The van der Waals surface area contributed by atoms with Gasteiger partial charge in [-0.2, -0.15) is 0 Å². The molecule has 0 amide bonds. The van der Waals surface area contributed by atoms with E-state index < -0.39 is 5.60 Å². The van der Waals surface area contributed by atoms with Gasteiger partial charge in [-0.15, -0.1) is 0 Å². The SMILES string of the molecule is CC[C@]1(O)CCCN2CCc3c([nH]c4ccccc34)[C@H]21. The largest absolute Gasteiger partial charge is 0.388 e. The Labute approximate surface area is 119 Å². The third kappa shape index (κ3) is 1.60. The predicted octanol–water partition coefficient (Wildman–Crippen LogP) is 3.00. The van der Waals surface area contributed by atoms with E-state index in [4.69, 9.17) is 0 Å². The average Bonchev–Trinajstić information content (AvgIpc) is 2.85. The summed E-state index contributed by atoms with van der Waals surface area (Å²) in [6.07, 6.45) is 3.94. The lowest BCUT2D eigenvalue weighted by molar-refractivity contribution is -0.0903. The molecule has 2 atom stereocenters. The molecule has 0 saturated carbocycles. The fraction of sp³-hybridized carbons (Fsp3) is 0.529. The Hall–Kier alpha value is -1.32. The first-order chi connectivity index (χ1) is 9.73. The van der Waals surface area contributed by atoms with Gasteiger partial charge in [0, 0.05) is 23.1 Å². The van der Waals surface area contributed by atoms with Crippen molar-refractivity contribution in [2.45, 2.75) is 44.2 Å². The first-order valence-corrected chi connectivity index (χ1v) is 7.79. The first-order valence-electron chi connectivity index (χ1n) is 7.79. The highest BCUT2D eigenvalue weighted by molar-refractivity contribution is 5.85. The number of nitrogens with one attached hydrogen (secondary N) is 1. The molecular formula is C17H22N2O. The van der Waals surface area contributed by atoms with Crippen molar-refractivity contribution < 1.29 is 5.11 Å². The number of rotatable bonds is 1. The third-order valence-electron chi connectivity index (χ3n) is 5.31. The number of benzene rings is 1. The van der Waals surface area contributed by atoms with Crippen LogP contribution in [0.3, 0.4) is 0 Å². The molecule has 20 heavy (non-hydrogen) atoms. The molecule has 0 bridgehead atoms. The van der Waals surface area contributed by atoms with Crippen molar-refractivity contribution >= 4 is 10.9 Å². The Balaban J connectivity index is 1.91. The maximum absolute atomic E-state index is 11.1. The normalized spacial score (nSPS) is 30.2. The number of hydrogen-bond donors (Lipinski definition) is 2. The van der Waals surface area contributed by atoms with Gasteiger partial charge in [0.15, 0.2) is 0 Å². The molecule has 3 heterocycles. The lowest BCUT2D eigenvalue weighted by atomic mass is 9.77. The second-order valence-electron chi connectivity index (χ2n) is 6.31. The summed E-state index contributed by atoms with van der Waals surface area (Å²) < 4.78 is 0. The van der Waals surface area contributed by atoms with Crippen LogP contribution in [0.2, 0.25) is 0 Å². The van der Waals surface area contributed by atoms with E-state index in [-0.39, 0.29) is 6.04 Å². The summed E-state index contributed by atoms with van der Waals surface area (Å²) in [5, 5.41) is 12.4. The number of para-hydroxylation sites is 1. The van der Waals surface area contributed by atoms with E-state index in [1.165, 1.54) is 22.2 Å². The number of aliphatic hydroxyl groups is 1. The van der Waals surface area contributed by atoms with Crippen LogP contribution in [0.25, 0.3) is 10.9 Å². The lowest BCUT2D eigenvalue weighted by Crippen LogP contribution is -2.53. The minimum atomic E-state index is -0.575. The first kappa shape index (κ1) is 12.4. The molecule has 2 aromatic rings. The lowest BCUT2D eigenvalue weighted by Gasteiger charge is -2.49. The fourth-order valence-electron chi connectivity index (χ4n) is 4.24. The number of piperidine rings is 1. The maximum atomic E-state index is 11.1. The molecule has 1 fully saturated rings. The van der Waals surface area contributed by atoms with E-state index >= 15 is 0 Å². The van der Waals surface area contributed by atoms with Crippen molar-refractivity contribution in [2.24, 2.45) is 0 Å². The van der Waals surface area contributed by atoms with Gasteiger partial charge in [0.2, 0.25) is 0 Å². The summed E-state index contributed by atoms with van der Waals surface area (Å²) in [6.45, 7) is 4.30.